The maximum Gasteiger partial charge on any atom is 0.118 e. The highest BCUT2D eigenvalue weighted by Gasteiger charge is 2.10. The van der Waals surface area contributed by atoms with E-state index in [9.17, 15) is 0 Å². The zero-order valence-corrected chi connectivity index (χ0v) is 12.6. The minimum Gasteiger partial charge on any atom is -0.465 e. The van der Waals surface area contributed by atoms with Gasteiger partial charge >= 0.3 is 0 Å². The van der Waals surface area contributed by atoms with Crippen molar-refractivity contribution in [3.63, 3.8) is 0 Å². The van der Waals surface area contributed by atoms with E-state index < -0.39 is 0 Å². The smallest absolute Gasteiger partial charge is 0.118 e. The first-order chi connectivity index (χ1) is 8.95. The monoisotopic (exact) mass is 281 g/mol. The summed E-state index contributed by atoms with van der Waals surface area (Å²) in [4.78, 5) is 0. The van der Waals surface area contributed by atoms with Crippen LogP contribution in [0.25, 0.3) is 0 Å². The number of nitrogens with zero attached hydrogens (tertiary/aromatic N) is 2. The van der Waals surface area contributed by atoms with Gasteiger partial charge in [0.15, 0.2) is 0 Å². The van der Waals surface area contributed by atoms with Gasteiger partial charge in [-0.1, -0.05) is 25.4 Å². The highest BCUT2D eigenvalue weighted by atomic mass is 35.5. The molecule has 2 aromatic heterocycles. The van der Waals surface area contributed by atoms with Gasteiger partial charge in [0.25, 0.3) is 0 Å². The number of rotatable bonds is 5. The average molecular weight is 282 g/mol. The molecule has 0 saturated heterocycles. The van der Waals surface area contributed by atoms with Crippen LogP contribution in [0.1, 0.15) is 36.6 Å². The van der Waals surface area contributed by atoms with Crippen LogP contribution < -0.4 is 5.32 Å². The van der Waals surface area contributed by atoms with Crippen molar-refractivity contribution >= 4 is 11.6 Å². The zero-order valence-electron chi connectivity index (χ0n) is 11.8. The molecular weight excluding hydrogens is 262 g/mol. The van der Waals surface area contributed by atoms with Gasteiger partial charge < -0.3 is 9.73 Å². The number of furan rings is 1. The summed E-state index contributed by atoms with van der Waals surface area (Å²) in [5.41, 5.74) is 1.99. The Morgan fingerprint density at radius 3 is 2.74 bits per heavy atom. The molecule has 4 nitrogen and oxygen atoms in total. The summed E-state index contributed by atoms with van der Waals surface area (Å²) in [6.45, 7) is 9.55. The first kappa shape index (κ1) is 14.2. The Balaban J connectivity index is 2.08. The SMILES string of the molecule is Cc1nn(Cc2cc(CNC(C)C)oc2C)cc1Cl. The van der Waals surface area contributed by atoms with Crippen LogP contribution in [0.4, 0.5) is 0 Å². The fourth-order valence-electron chi connectivity index (χ4n) is 1.89. The van der Waals surface area contributed by atoms with Gasteiger partial charge in [-0.3, -0.25) is 4.68 Å². The number of nitrogens with one attached hydrogen (secondary N) is 1. The van der Waals surface area contributed by atoms with E-state index in [4.69, 9.17) is 16.0 Å². The molecule has 5 heteroatoms. The zero-order chi connectivity index (χ0) is 14.0. The molecule has 2 heterocycles. The minimum atomic E-state index is 0.446. The second-order valence-electron chi connectivity index (χ2n) is 5.09. The van der Waals surface area contributed by atoms with Crippen LogP contribution in [-0.2, 0) is 13.1 Å². The number of aromatic nitrogens is 2. The number of hydrogen-bond donors (Lipinski definition) is 1. The molecule has 0 spiro atoms. The van der Waals surface area contributed by atoms with Crippen molar-refractivity contribution in [3.8, 4) is 0 Å². The largest absolute Gasteiger partial charge is 0.465 e. The molecule has 0 bridgehead atoms. The molecule has 0 saturated carbocycles. The van der Waals surface area contributed by atoms with Crippen LogP contribution >= 0.6 is 11.6 Å². The topological polar surface area (TPSA) is 43.0 Å². The Morgan fingerprint density at radius 1 is 1.42 bits per heavy atom. The number of aryl methyl sites for hydroxylation is 2. The standard InChI is InChI=1S/C14H20ClN3O/c1-9(2)16-6-13-5-12(11(4)19-13)7-18-8-14(15)10(3)17-18/h5,8-9,16H,6-7H2,1-4H3. The highest BCUT2D eigenvalue weighted by molar-refractivity contribution is 6.31. The summed E-state index contributed by atoms with van der Waals surface area (Å²) in [5, 5.41) is 8.40. The van der Waals surface area contributed by atoms with E-state index in [2.05, 4.69) is 30.3 Å². The Morgan fingerprint density at radius 2 is 2.16 bits per heavy atom. The first-order valence-electron chi connectivity index (χ1n) is 6.47. The Kier molecular flexibility index (Phi) is 4.32. The molecule has 2 aromatic rings. The van der Waals surface area contributed by atoms with E-state index >= 15 is 0 Å². The molecular formula is C14H20ClN3O. The third kappa shape index (κ3) is 3.61. The van der Waals surface area contributed by atoms with Gasteiger partial charge in [-0.15, -0.1) is 0 Å². The molecule has 104 valence electrons. The lowest BCUT2D eigenvalue weighted by Crippen LogP contribution is -2.21. The van der Waals surface area contributed by atoms with Gasteiger partial charge in [0, 0.05) is 17.8 Å². The summed E-state index contributed by atoms with van der Waals surface area (Å²) in [7, 11) is 0. The maximum atomic E-state index is 6.01. The van der Waals surface area contributed by atoms with E-state index in [0.29, 0.717) is 17.6 Å². The van der Waals surface area contributed by atoms with Crippen molar-refractivity contribution in [2.24, 2.45) is 0 Å². The van der Waals surface area contributed by atoms with Gasteiger partial charge in [0.2, 0.25) is 0 Å². The van der Waals surface area contributed by atoms with E-state index in [-0.39, 0.29) is 0 Å². The lowest BCUT2D eigenvalue weighted by Gasteiger charge is -2.04. The number of hydrogen-bond acceptors (Lipinski definition) is 3. The minimum absolute atomic E-state index is 0.446. The van der Waals surface area contributed by atoms with Crippen LogP contribution in [0.5, 0.6) is 0 Å². The normalized spacial score (nSPS) is 11.5. The Labute approximate surface area is 118 Å². The van der Waals surface area contributed by atoms with Gasteiger partial charge in [0.1, 0.15) is 11.5 Å². The van der Waals surface area contributed by atoms with Crippen LogP contribution in [0.2, 0.25) is 5.02 Å². The summed E-state index contributed by atoms with van der Waals surface area (Å²) in [6, 6.07) is 2.52. The lowest BCUT2D eigenvalue weighted by molar-refractivity contribution is 0.445. The predicted octanol–water partition coefficient (Wildman–Crippen LogP) is 3.29. The van der Waals surface area contributed by atoms with Gasteiger partial charge in [-0.2, -0.15) is 5.10 Å². The molecule has 0 atom stereocenters. The van der Waals surface area contributed by atoms with Crippen molar-refractivity contribution in [2.45, 2.75) is 46.8 Å². The Hall–Kier alpha value is -1.26. The summed E-state index contributed by atoms with van der Waals surface area (Å²) in [5.74, 6) is 1.89. The lowest BCUT2D eigenvalue weighted by atomic mass is 10.2. The second-order valence-corrected chi connectivity index (χ2v) is 5.50. The van der Waals surface area contributed by atoms with Crippen LogP contribution in [0.3, 0.4) is 0 Å². The van der Waals surface area contributed by atoms with Crippen LogP contribution in [-0.4, -0.2) is 15.8 Å². The van der Waals surface area contributed by atoms with Crippen LogP contribution in [0.15, 0.2) is 16.7 Å². The summed E-state index contributed by atoms with van der Waals surface area (Å²) >= 11 is 6.01. The van der Waals surface area contributed by atoms with Gasteiger partial charge in [-0.05, 0) is 19.9 Å². The fourth-order valence-corrected chi connectivity index (χ4v) is 2.04. The quantitative estimate of drug-likeness (QED) is 0.914. The average Bonchev–Trinajstić information content (AvgIpc) is 2.82. The predicted molar refractivity (Wildman–Crippen MR) is 76.5 cm³/mol. The molecule has 0 aromatic carbocycles. The number of halogens is 1. The van der Waals surface area contributed by atoms with E-state index in [1.54, 1.807) is 0 Å². The molecule has 0 fully saturated rings. The molecule has 1 N–H and O–H groups in total. The van der Waals surface area contributed by atoms with Crippen molar-refractivity contribution < 1.29 is 4.42 Å². The summed E-state index contributed by atoms with van der Waals surface area (Å²) < 4.78 is 7.58. The molecule has 2 rings (SSSR count). The second kappa shape index (κ2) is 5.80. The third-order valence-electron chi connectivity index (χ3n) is 2.97. The first-order valence-corrected chi connectivity index (χ1v) is 6.84. The van der Waals surface area contributed by atoms with Crippen molar-refractivity contribution in [1.29, 1.82) is 0 Å². The highest BCUT2D eigenvalue weighted by Crippen LogP contribution is 2.18. The summed E-state index contributed by atoms with van der Waals surface area (Å²) in [6.07, 6.45) is 1.84. The molecule has 0 amide bonds. The fraction of sp³-hybridized carbons (Fsp3) is 0.500. The van der Waals surface area contributed by atoms with Crippen molar-refractivity contribution in [1.82, 2.24) is 15.1 Å². The van der Waals surface area contributed by atoms with Crippen molar-refractivity contribution in [2.75, 3.05) is 0 Å². The van der Waals surface area contributed by atoms with E-state index in [1.165, 1.54) is 0 Å². The molecule has 0 aliphatic rings. The van der Waals surface area contributed by atoms with Gasteiger partial charge in [0.05, 0.1) is 23.8 Å². The molecule has 0 aliphatic carbocycles. The van der Waals surface area contributed by atoms with E-state index in [0.717, 1.165) is 29.3 Å². The molecule has 0 unspecified atom stereocenters. The molecule has 0 aliphatic heterocycles. The van der Waals surface area contributed by atoms with Crippen molar-refractivity contribution in [3.05, 3.63) is 40.1 Å². The third-order valence-corrected chi connectivity index (χ3v) is 3.35. The maximum absolute atomic E-state index is 6.01. The van der Waals surface area contributed by atoms with Crippen LogP contribution in [0, 0.1) is 13.8 Å². The van der Waals surface area contributed by atoms with Gasteiger partial charge in [-0.25, -0.2) is 0 Å². The van der Waals surface area contributed by atoms with E-state index in [1.807, 2.05) is 24.7 Å². The Bertz CT molecular complexity index is 538. The molecule has 19 heavy (non-hydrogen) atoms. The molecule has 0 radical (unpaired) electrons.